The number of hydrogen-bond acceptors (Lipinski definition) is 5. The van der Waals surface area contributed by atoms with Crippen molar-refractivity contribution >= 4 is 23.3 Å². The standard InChI is InChI=1S/C19H14O5/c1-23-18(21)15(13-10-6-3-7-11-13)17-16(20)14(19(22)24-17)12-8-4-2-5-9-12/h2-11,14H,1H3/t14-/m0/s1. The molecule has 1 fully saturated rings. The van der Waals surface area contributed by atoms with Crippen molar-refractivity contribution in [1.29, 1.82) is 0 Å². The second-order valence-electron chi connectivity index (χ2n) is 5.19. The SMILES string of the molecule is COC(=O)C(=C1OC(=O)[C@@H](c2ccccc2)C1=O)c1ccccc1. The normalized spacial score (nSPS) is 19.0. The number of esters is 2. The third-order valence-electron chi connectivity index (χ3n) is 3.74. The van der Waals surface area contributed by atoms with Gasteiger partial charge < -0.3 is 9.47 Å². The Hall–Kier alpha value is -3.21. The molecule has 24 heavy (non-hydrogen) atoms. The van der Waals surface area contributed by atoms with Gasteiger partial charge in [-0.25, -0.2) is 4.79 Å². The minimum atomic E-state index is -1.07. The monoisotopic (exact) mass is 322 g/mol. The Morgan fingerprint density at radius 2 is 1.54 bits per heavy atom. The molecule has 1 saturated heterocycles. The molecule has 3 rings (SSSR count). The molecule has 5 nitrogen and oxygen atoms in total. The van der Waals surface area contributed by atoms with Crippen molar-refractivity contribution in [3.63, 3.8) is 0 Å². The molecular formula is C19H14O5. The lowest BCUT2D eigenvalue weighted by Crippen LogP contribution is -2.14. The number of carbonyl (C=O) groups excluding carboxylic acids is 3. The molecule has 2 aromatic carbocycles. The molecule has 1 atom stereocenters. The molecule has 5 heteroatoms. The molecule has 0 saturated carbocycles. The number of rotatable bonds is 3. The average molecular weight is 322 g/mol. The second-order valence-corrected chi connectivity index (χ2v) is 5.19. The Labute approximate surface area is 138 Å². The topological polar surface area (TPSA) is 69.7 Å². The van der Waals surface area contributed by atoms with E-state index in [-0.39, 0.29) is 11.3 Å². The molecule has 0 spiro atoms. The van der Waals surface area contributed by atoms with E-state index in [4.69, 9.17) is 9.47 Å². The molecule has 2 aromatic rings. The Kier molecular flexibility index (Phi) is 4.24. The highest BCUT2D eigenvalue weighted by Gasteiger charge is 2.44. The van der Waals surface area contributed by atoms with Crippen LogP contribution < -0.4 is 0 Å². The van der Waals surface area contributed by atoms with E-state index in [1.54, 1.807) is 60.7 Å². The maximum Gasteiger partial charge on any atom is 0.342 e. The summed E-state index contributed by atoms with van der Waals surface area (Å²) in [5, 5.41) is 0. The van der Waals surface area contributed by atoms with Gasteiger partial charge in [0.2, 0.25) is 5.78 Å². The smallest absolute Gasteiger partial charge is 0.342 e. The summed E-state index contributed by atoms with van der Waals surface area (Å²) < 4.78 is 9.93. The number of methoxy groups -OCH3 is 1. The number of ketones is 1. The van der Waals surface area contributed by atoms with E-state index in [0.717, 1.165) is 0 Å². The Morgan fingerprint density at radius 3 is 2.12 bits per heavy atom. The Bertz CT molecular complexity index is 821. The van der Waals surface area contributed by atoms with Gasteiger partial charge in [0.15, 0.2) is 5.76 Å². The van der Waals surface area contributed by atoms with Gasteiger partial charge in [0, 0.05) is 0 Å². The third-order valence-corrected chi connectivity index (χ3v) is 3.74. The van der Waals surface area contributed by atoms with Crippen LogP contribution in [-0.2, 0) is 23.9 Å². The first kappa shape index (κ1) is 15.7. The first-order valence-electron chi connectivity index (χ1n) is 7.32. The fraction of sp³-hybridized carbons (Fsp3) is 0.105. The van der Waals surface area contributed by atoms with Crippen LogP contribution >= 0.6 is 0 Å². The van der Waals surface area contributed by atoms with Crippen molar-refractivity contribution in [2.45, 2.75) is 5.92 Å². The van der Waals surface area contributed by atoms with Crippen LogP contribution in [0.15, 0.2) is 66.4 Å². The van der Waals surface area contributed by atoms with E-state index < -0.39 is 23.6 Å². The number of Topliss-reactive ketones (excluding diaryl/α,β-unsaturated/α-hetero) is 1. The minimum absolute atomic E-state index is 0.0464. The van der Waals surface area contributed by atoms with Gasteiger partial charge in [0.05, 0.1) is 7.11 Å². The molecule has 0 radical (unpaired) electrons. The average Bonchev–Trinajstić information content (AvgIpc) is 2.91. The molecule has 1 aliphatic heterocycles. The van der Waals surface area contributed by atoms with Crippen LogP contribution in [0.3, 0.4) is 0 Å². The largest absolute Gasteiger partial charge is 0.465 e. The van der Waals surface area contributed by atoms with Crippen LogP contribution in [0.2, 0.25) is 0 Å². The van der Waals surface area contributed by atoms with E-state index >= 15 is 0 Å². The number of allylic oxidation sites excluding steroid dienone is 1. The molecule has 1 aliphatic rings. The molecule has 120 valence electrons. The van der Waals surface area contributed by atoms with Gasteiger partial charge in [-0.3, -0.25) is 9.59 Å². The number of hydrogen-bond donors (Lipinski definition) is 0. The van der Waals surface area contributed by atoms with Gasteiger partial charge in [-0.2, -0.15) is 0 Å². The van der Waals surface area contributed by atoms with E-state index in [2.05, 4.69) is 0 Å². The van der Waals surface area contributed by atoms with Crippen molar-refractivity contribution < 1.29 is 23.9 Å². The molecule has 0 N–H and O–H groups in total. The molecule has 0 aromatic heterocycles. The second kappa shape index (κ2) is 6.50. The van der Waals surface area contributed by atoms with Crippen LogP contribution in [0, 0.1) is 0 Å². The van der Waals surface area contributed by atoms with Gasteiger partial charge in [-0.1, -0.05) is 60.7 Å². The highest BCUT2D eigenvalue weighted by Crippen LogP contribution is 2.34. The number of benzene rings is 2. The predicted octanol–water partition coefficient (Wildman–Crippen LogP) is 2.48. The molecule has 0 amide bonds. The summed E-state index contributed by atoms with van der Waals surface area (Å²) in [5.74, 6) is -3.31. The first-order chi connectivity index (χ1) is 11.6. The van der Waals surface area contributed by atoms with Crippen molar-refractivity contribution in [2.24, 2.45) is 0 Å². The quantitative estimate of drug-likeness (QED) is 0.493. The van der Waals surface area contributed by atoms with Crippen LogP contribution in [0.25, 0.3) is 5.57 Å². The van der Waals surface area contributed by atoms with Gasteiger partial charge in [0.25, 0.3) is 0 Å². The van der Waals surface area contributed by atoms with E-state index in [9.17, 15) is 14.4 Å². The molecule has 0 unspecified atom stereocenters. The number of cyclic esters (lactones) is 1. The van der Waals surface area contributed by atoms with E-state index in [0.29, 0.717) is 11.1 Å². The van der Waals surface area contributed by atoms with Crippen LogP contribution in [0.1, 0.15) is 17.0 Å². The Balaban J connectivity index is 2.12. The zero-order chi connectivity index (χ0) is 17.1. The summed E-state index contributed by atoms with van der Waals surface area (Å²) >= 11 is 0. The summed E-state index contributed by atoms with van der Waals surface area (Å²) in [6.45, 7) is 0. The van der Waals surface area contributed by atoms with Gasteiger partial charge in [-0.15, -0.1) is 0 Å². The number of carbonyl (C=O) groups is 3. The lowest BCUT2D eigenvalue weighted by molar-refractivity contribution is -0.137. The van der Waals surface area contributed by atoms with Crippen LogP contribution in [-0.4, -0.2) is 24.8 Å². The summed E-state index contributed by atoms with van der Waals surface area (Å²) in [6, 6.07) is 17.1. The zero-order valence-corrected chi connectivity index (χ0v) is 12.9. The molecule has 1 heterocycles. The molecular weight excluding hydrogens is 308 g/mol. The first-order valence-corrected chi connectivity index (χ1v) is 7.32. The lowest BCUT2D eigenvalue weighted by Gasteiger charge is -2.07. The van der Waals surface area contributed by atoms with Crippen LogP contribution in [0.5, 0.6) is 0 Å². The predicted molar refractivity (Wildman–Crippen MR) is 85.7 cm³/mol. The minimum Gasteiger partial charge on any atom is -0.465 e. The van der Waals surface area contributed by atoms with Crippen molar-refractivity contribution in [2.75, 3.05) is 7.11 Å². The maximum absolute atomic E-state index is 12.7. The van der Waals surface area contributed by atoms with E-state index in [1.807, 2.05) is 0 Å². The maximum atomic E-state index is 12.7. The fourth-order valence-electron chi connectivity index (χ4n) is 2.60. The third kappa shape index (κ3) is 2.72. The van der Waals surface area contributed by atoms with Crippen molar-refractivity contribution in [1.82, 2.24) is 0 Å². The summed E-state index contributed by atoms with van der Waals surface area (Å²) in [7, 11) is 1.21. The van der Waals surface area contributed by atoms with E-state index in [1.165, 1.54) is 7.11 Å². The Morgan fingerprint density at radius 1 is 0.958 bits per heavy atom. The molecule has 0 aliphatic carbocycles. The van der Waals surface area contributed by atoms with Crippen molar-refractivity contribution in [3.05, 3.63) is 77.5 Å². The highest BCUT2D eigenvalue weighted by atomic mass is 16.6. The van der Waals surface area contributed by atoms with Crippen molar-refractivity contribution in [3.8, 4) is 0 Å². The summed E-state index contributed by atoms with van der Waals surface area (Å²) in [5.41, 5.74) is 0.934. The lowest BCUT2D eigenvalue weighted by atomic mass is 9.93. The van der Waals surface area contributed by atoms with Gasteiger partial charge >= 0.3 is 11.9 Å². The summed E-state index contributed by atoms with van der Waals surface area (Å²) in [4.78, 5) is 37.1. The highest BCUT2D eigenvalue weighted by molar-refractivity contribution is 6.29. The molecule has 0 bridgehead atoms. The van der Waals surface area contributed by atoms with Gasteiger partial charge in [-0.05, 0) is 11.1 Å². The van der Waals surface area contributed by atoms with Crippen LogP contribution in [0.4, 0.5) is 0 Å². The zero-order valence-electron chi connectivity index (χ0n) is 12.9. The van der Waals surface area contributed by atoms with Gasteiger partial charge in [0.1, 0.15) is 11.5 Å². The summed E-state index contributed by atoms with van der Waals surface area (Å²) in [6.07, 6.45) is 0. The number of ether oxygens (including phenoxy) is 2. The fourth-order valence-corrected chi connectivity index (χ4v) is 2.60.